The molecule has 0 radical (unpaired) electrons. The summed E-state index contributed by atoms with van der Waals surface area (Å²) in [6.07, 6.45) is 9.33. The summed E-state index contributed by atoms with van der Waals surface area (Å²) in [5.74, 6) is -1.07. The third-order valence-electron chi connectivity index (χ3n) is 10.1. The van der Waals surface area contributed by atoms with Gasteiger partial charge in [0.2, 0.25) is 5.85 Å². The largest absolute Gasteiger partial charge is 0.393 e. The summed E-state index contributed by atoms with van der Waals surface area (Å²) in [5, 5.41) is 31.7. The normalized spacial score (nSPS) is 46.4. The average molecular weight is 423 g/mol. The molecule has 0 spiro atoms. The van der Waals surface area contributed by atoms with Gasteiger partial charge in [-0.1, -0.05) is 39.3 Å². The third kappa shape index (κ3) is 3.49. The van der Waals surface area contributed by atoms with Crippen molar-refractivity contribution in [2.24, 2.45) is 40.4 Å². The first kappa shape index (κ1) is 22.7. The molecule has 3 fully saturated rings. The zero-order valence-electron chi connectivity index (χ0n) is 19.4. The number of aliphatic hydroxyl groups is 3. The van der Waals surface area contributed by atoms with E-state index in [0.717, 1.165) is 51.4 Å². The summed E-state index contributed by atoms with van der Waals surface area (Å²) in [6.45, 7) is 8.72. The Morgan fingerprint density at radius 1 is 1.10 bits per heavy atom. The molecule has 0 saturated heterocycles. The van der Waals surface area contributed by atoms with Gasteiger partial charge in [-0.25, -0.2) is 4.39 Å². The molecule has 3 saturated carbocycles. The van der Waals surface area contributed by atoms with Gasteiger partial charge >= 0.3 is 0 Å². The van der Waals surface area contributed by atoms with Gasteiger partial charge in [-0.15, -0.1) is 0 Å². The Kier molecular flexibility index (Phi) is 5.95. The monoisotopic (exact) mass is 422 g/mol. The quantitative estimate of drug-likeness (QED) is 0.521. The molecule has 0 aromatic carbocycles. The van der Waals surface area contributed by atoms with Crippen LogP contribution in [0.5, 0.6) is 0 Å². The molecule has 0 bridgehead atoms. The van der Waals surface area contributed by atoms with Crippen molar-refractivity contribution in [1.82, 2.24) is 0 Å². The molecular formula is C26H43FO3. The second-order valence-electron chi connectivity index (χ2n) is 12.0. The highest BCUT2D eigenvalue weighted by Crippen LogP contribution is 2.67. The van der Waals surface area contributed by atoms with Crippen LogP contribution in [0.1, 0.15) is 91.9 Å². The van der Waals surface area contributed by atoms with E-state index in [0.29, 0.717) is 36.5 Å². The summed E-state index contributed by atoms with van der Waals surface area (Å²) in [5.41, 5.74) is 1.37. The van der Waals surface area contributed by atoms with Crippen molar-refractivity contribution in [1.29, 1.82) is 0 Å². The van der Waals surface area contributed by atoms with Gasteiger partial charge in [0.05, 0.1) is 6.10 Å². The Labute approximate surface area is 182 Å². The molecule has 0 aromatic rings. The minimum absolute atomic E-state index is 0.171. The lowest BCUT2D eigenvalue weighted by atomic mass is 9.47. The molecule has 9 atom stereocenters. The van der Waals surface area contributed by atoms with Crippen LogP contribution in [0, 0.1) is 40.4 Å². The lowest BCUT2D eigenvalue weighted by Crippen LogP contribution is -2.55. The van der Waals surface area contributed by atoms with Crippen LogP contribution in [0.25, 0.3) is 0 Å². The molecule has 30 heavy (non-hydrogen) atoms. The number of aliphatic hydroxyl groups excluding tert-OH is 2. The van der Waals surface area contributed by atoms with E-state index in [1.807, 2.05) is 0 Å². The van der Waals surface area contributed by atoms with Crippen LogP contribution in [-0.2, 0) is 0 Å². The van der Waals surface area contributed by atoms with E-state index in [2.05, 4.69) is 33.8 Å². The molecule has 0 aromatic heterocycles. The van der Waals surface area contributed by atoms with Gasteiger partial charge < -0.3 is 15.3 Å². The Hall–Kier alpha value is -0.450. The first-order valence-electron chi connectivity index (χ1n) is 12.5. The van der Waals surface area contributed by atoms with E-state index >= 15 is 4.39 Å². The fourth-order valence-corrected chi connectivity index (χ4v) is 8.23. The first-order chi connectivity index (χ1) is 14.0. The molecule has 0 aliphatic heterocycles. The van der Waals surface area contributed by atoms with Crippen LogP contribution in [0.2, 0.25) is 0 Å². The predicted octanol–water partition coefficient (Wildman–Crippen LogP) is 5.38. The topological polar surface area (TPSA) is 60.7 Å². The molecule has 172 valence electrons. The zero-order valence-corrected chi connectivity index (χ0v) is 19.4. The van der Waals surface area contributed by atoms with E-state index < -0.39 is 17.9 Å². The lowest BCUT2D eigenvalue weighted by molar-refractivity contribution is -0.235. The third-order valence-corrected chi connectivity index (χ3v) is 10.1. The molecule has 4 aliphatic carbocycles. The number of alkyl halides is 1. The number of rotatable bonds is 5. The van der Waals surface area contributed by atoms with Crippen LogP contribution in [0.15, 0.2) is 11.6 Å². The fraction of sp³-hybridized carbons (Fsp3) is 0.923. The number of allylic oxidation sites excluding steroid dienone is 1. The van der Waals surface area contributed by atoms with Gasteiger partial charge in [-0.3, -0.25) is 0 Å². The fourth-order valence-electron chi connectivity index (χ4n) is 8.23. The highest BCUT2D eigenvalue weighted by molar-refractivity contribution is 5.25. The highest BCUT2D eigenvalue weighted by atomic mass is 19.2. The van der Waals surface area contributed by atoms with Gasteiger partial charge in [0.15, 0.2) is 0 Å². The Morgan fingerprint density at radius 2 is 1.83 bits per heavy atom. The van der Waals surface area contributed by atoms with Gasteiger partial charge in [0, 0.05) is 5.92 Å². The maximum atomic E-state index is 15.7. The number of halogens is 1. The predicted molar refractivity (Wildman–Crippen MR) is 117 cm³/mol. The maximum absolute atomic E-state index is 15.7. The van der Waals surface area contributed by atoms with Gasteiger partial charge in [0.25, 0.3) is 0 Å². The van der Waals surface area contributed by atoms with E-state index in [-0.39, 0.29) is 16.9 Å². The van der Waals surface area contributed by atoms with Gasteiger partial charge in [-0.2, -0.15) is 0 Å². The molecule has 0 heterocycles. The molecule has 4 aliphatic rings. The summed E-state index contributed by atoms with van der Waals surface area (Å²) in [6, 6.07) is 0. The van der Waals surface area contributed by atoms with Crippen LogP contribution in [0.3, 0.4) is 0 Å². The summed E-state index contributed by atoms with van der Waals surface area (Å²) in [4.78, 5) is 0. The maximum Gasteiger partial charge on any atom is 0.236 e. The standard InChI is InChI=1S/C26H43FO3/c1-16(2)5-10-23(29)26(27,30)22-9-8-20-19-7-6-17-15-18(28)11-13-24(17,3)21(19)12-14-25(20,22)4/h6,16,18-23,28-30H,5,7-15H2,1-4H3. The Bertz CT molecular complexity index is 673. The average Bonchev–Trinajstić information content (AvgIpc) is 3.04. The second-order valence-corrected chi connectivity index (χ2v) is 12.0. The number of fused-ring (bicyclic) bond motifs is 5. The minimum atomic E-state index is -2.50. The van der Waals surface area contributed by atoms with Crippen molar-refractivity contribution in [2.75, 3.05) is 0 Å². The Balaban J connectivity index is 1.55. The van der Waals surface area contributed by atoms with Crippen LogP contribution in [0.4, 0.5) is 4.39 Å². The molecule has 0 amide bonds. The van der Waals surface area contributed by atoms with Crippen LogP contribution in [-0.4, -0.2) is 33.4 Å². The van der Waals surface area contributed by atoms with Crippen molar-refractivity contribution < 1.29 is 19.7 Å². The minimum Gasteiger partial charge on any atom is -0.393 e. The summed E-state index contributed by atoms with van der Waals surface area (Å²) >= 11 is 0. The van der Waals surface area contributed by atoms with E-state index in [4.69, 9.17) is 0 Å². The van der Waals surface area contributed by atoms with Gasteiger partial charge in [0.1, 0.15) is 6.10 Å². The van der Waals surface area contributed by atoms with Crippen molar-refractivity contribution in [3.63, 3.8) is 0 Å². The SMILES string of the molecule is CC(C)CCC(O)C(O)(F)C1CCC2C3CC=C4CC(O)CCC4(C)C3CCC21C. The zero-order chi connectivity index (χ0) is 21.9. The summed E-state index contributed by atoms with van der Waals surface area (Å²) in [7, 11) is 0. The second kappa shape index (κ2) is 7.85. The molecule has 9 unspecified atom stereocenters. The van der Waals surface area contributed by atoms with Crippen molar-refractivity contribution in [3.05, 3.63) is 11.6 Å². The highest BCUT2D eigenvalue weighted by Gasteiger charge is 2.63. The molecule has 4 rings (SSSR count). The molecule has 4 heteroatoms. The lowest BCUT2D eigenvalue weighted by Gasteiger charge is -2.58. The van der Waals surface area contributed by atoms with E-state index in [9.17, 15) is 15.3 Å². The van der Waals surface area contributed by atoms with Crippen molar-refractivity contribution in [2.45, 2.75) is 110 Å². The Morgan fingerprint density at radius 3 is 2.53 bits per heavy atom. The van der Waals surface area contributed by atoms with Crippen LogP contribution < -0.4 is 0 Å². The number of hydrogen-bond donors (Lipinski definition) is 3. The van der Waals surface area contributed by atoms with Gasteiger partial charge in [-0.05, 0) is 98.7 Å². The molecule has 3 N–H and O–H groups in total. The van der Waals surface area contributed by atoms with Crippen molar-refractivity contribution in [3.8, 4) is 0 Å². The van der Waals surface area contributed by atoms with E-state index in [1.165, 1.54) is 5.57 Å². The molecule has 3 nitrogen and oxygen atoms in total. The number of hydrogen-bond acceptors (Lipinski definition) is 3. The first-order valence-corrected chi connectivity index (χ1v) is 12.5. The van der Waals surface area contributed by atoms with Crippen LogP contribution >= 0.6 is 0 Å². The smallest absolute Gasteiger partial charge is 0.236 e. The van der Waals surface area contributed by atoms with Crippen molar-refractivity contribution >= 4 is 0 Å². The summed E-state index contributed by atoms with van der Waals surface area (Å²) < 4.78 is 15.7. The molecular weight excluding hydrogens is 379 g/mol. The van der Waals surface area contributed by atoms with E-state index in [1.54, 1.807) is 0 Å².